The van der Waals surface area contributed by atoms with Gasteiger partial charge in [0.15, 0.2) is 11.2 Å². The zero-order chi connectivity index (χ0) is 97.4. The van der Waals surface area contributed by atoms with Crippen molar-refractivity contribution in [1.29, 1.82) is 0 Å². The van der Waals surface area contributed by atoms with Crippen LogP contribution in [0.15, 0.2) is 349 Å². The second-order valence-electron chi connectivity index (χ2n) is 44.0. The van der Waals surface area contributed by atoms with E-state index in [1.165, 1.54) is 307 Å². The molecule has 0 saturated heterocycles. The molecule has 0 N–H and O–H groups in total. The predicted octanol–water partition coefficient (Wildman–Crippen LogP) is 42.1. The third-order valence-electron chi connectivity index (χ3n) is 34.6. The molecule has 4 aliphatic carbocycles. The van der Waals surface area contributed by atoms with Gasteiger partial charge in [-0.2, -0.15) is 0 Å². The number of fused-ring (bicyclic) bond motifs is 18. The highest BCUT2D eigenvalue weighted by atomic mass is 16.3. The molecular weight excluding hydrogens is 1740 g/mol. The third kappa shape index (κ3) is 15.9. The molecule has 0 fully saturated rings. The van der Waals surface area contributed by atoms with E-state index in [-0.39, 0.29) is 21.7 Å². The van der Waals surface area contributed by atoms with Gasteiger partial charge in [0.1, 0.15) is 11.2 Å². The normalized spacial score (nSPS) is 14.1. The van der Waals surface area contributed by atoms with Crippen molar-refractivity contribution in [3.05, 3.63) is 384 Å². The molecule has 4 nitrogen and oxygen atoms in total. The van der Waals surface area contributed by atoms with E-state index in [0.29, 0.717) is 0 Å². The summed E-state index contributed by atoms with van der Waals surface area (Å²) in [4.78, 5) is 4.93. The molecule has 0 aliphatic heterocycles. The molecule has 2 aromatic heterocycles. The average Bonchev–Trinajstić information content (AvgIpc) is 1.21. The number of unbranched alkanes of at least 4 members (excludes halogenated alkanes) is 20. The summed E-state index contributed by atoms with van der Waals surface area (Å²) in [6.07, 6.45) is 36.3. The lowest BCUT2D eigenvalue weighted by atomic mass is 9.70. The Morgan fingerprint density at radius 3 is 0.986 bits per heavy atom. The maximum Gasteiger partial charge on any atom is 0.160 e. The lowest BCUT2D eigenvalue weighted by molar-refractivity contribution is 0.398. The minimum absolute atomic E-state index is 0.0125. The monoisotopic (exact) mass is 1880 g/mol. The first-order valence-corrected chi connectivity index (χ1v) is 55.2. The van der Waals surface area contributed by atoms with Gasteiger partial charge in [-0.15, -0.1) is 0 Å². The minimum atomic E-state index is -0.286. The smallest absolute Gasteiger partial charge is 0.160 e. The Hall–Kier alpha value is -13.8. The van der Waals surface area contributed by atoms with Crippen molar-refractivity contribution in [2.24, 2.45) is 0 Å². The number of nitrogens with zero attached hydrogens (tertiary/aromatic N) is 2. The van der Waals surface area contributed by atoms with Gasteiger partial charge in [0.25, 0.3) is 0 Å². The highest BCUT2D eigenvalue weighted by molar-refractivity contribution is 6.29. The van der Waals surface area contributed by atoms with Crippen molar-refractivity contribution in [3.63, 3.8) is 0 Å². The van der Waals surface area contributed by atoms with Crippen molar-refractivity contribution in [2.75, 3.05) is 9.80 Å². The number of para-hydroxylation sites is 4. The van der Waals surface area contributed by atoms with Crippen LogP contribution in [0.2, 0.25) is 0 Å². The fourth-order valence-corrected chi connectivity index (χ4v) is 27.1. The van der Waals surface area contributed by atoms with Crippen molar-refractivity contribution in [2.45, 2.75) is 257 Å². The minimum Gasteiger partial charge on any atom is -0.454 e. The fourth-order valence-electron chi connectivity index (χ4n) is 27.1. The molecule has 0 bridgehead atoms. The molecule has 24 rings (SSSR count). The molecular formula is C140H136N2O2. The van der Waals surface area contributed by atoms with E-state index in [1.807, 2.05) is 0 Å². The van der Waals surface area contributed by atoms with Crippen LogP contribution >= 0.6 is 0 Å². The van der Waals surface area contributed by atoms with Crippen LogP contribution in [0.3, 0.4) is 0 Å². The Labute approximate surface area is 853 Å². The van der Waals surface area contributed by atoms with Gasteiger partial charge in [-0.25, -0.2) is 0 Å². The van der Waals surface area contributed by atoms with E-state index in [0.717, 1.165) is 94.3 Å². The average molecular weight is 1880 g/mol. The summed E-state index contributed by atoms with van der Waals surface area (Å²) in [6, 6.07) is 131. The molecule has 0 saturated carbocycles. The first-order valence-electron chi connectivity index (χ1n) is 55.2. The molecule has 2 heterocycles. The van der Waals surface area contributed by atoms with Crippen LogP contribution in [0, 0.1) is 0 Å². The topological polar surface area (TPSA) is 32.8 Å². The van der Waals surface area contributed by atoms with Crippen molar-refractivity contribution in [1.82, 2.24) is 0 Å². The summed E-state index contributed by atoms with van der Waals surface area (Å²) in [5, 5.41) is 11.4. The number of benzene rings is 18. The van der Waals surface area contributed by atoms with Gasteiger partial charge in [0, 0.05) is 65.4 Å². The number of furan rings is 2. The number of anilines is 6. The molecule has 4 heteroatoms. The quantitative estimate of drug-likeness (QED) is 0.0285. The molecule has 0 spiro atoms. The summed E-state index contributed by atoms with van der Waals surface area (Å²) in [5.74, 6) is 0. The Balaban J connectivity index is 0.562. The maximum atomic E-state index is 7.43. The fraction of sp³-hybridized carbons (Fsp3) is 0.286. The lowest BCUT2D eigenvalue weighted by Crippen LogP contribution is -2.25. The largest absolute Gasteiger partial charge is 0.454 e. The predicted molar refractivity (Wildman–Crippen MR) is 615 cm³/mol. The van der Waals surface area contributed by atoms with Crippen LogP contribution in [-0.4, -0.2) is 0 Å². The molecule has 20 aromatic rings. The lowest BCUT2D eigenvalue weighted by Gasteiger charge is -2.33. The maximum absolute atomic E-state index is 7.43. The van der Waals surface area contributed by atoms with E-state index in [1.54, 1.807) is 22.3 Å². The van der Waals surface area contributed by atoms with Crippen LogP contribution in [0.25, 0.3) is 165 Å². The Morgan fingerprint density at radius 1 is 0.201 bits per heavy atom. The van der Waals surface area contributed by atoms with Gasteiger partial charge in [0.2, 0.25) is 0 Å². The standard InChI is InChI=1S/C140H136N2O2/c1-9-13-17-21-25-40-83-139(84-41-26-22-18-14-10-2)118-52-36-32-47-105(118)111-74-64-99(90-124(111)139)97-62-72-108-107-71-61-96(87-120(107)137(5,6)121(108)88-97)93-57-69-103(70-58-93)142(128-54-44-51-114-113-49-34-38-55-130(113)143-135(114)128)127-81-68-95-59-77-115-126(80-67-94-60-78-116(127)133(95)132(94)115)141(102-45-30-29-31-46-102)129-82-79-104(134-117-50-35-39-56-131(117)144-136(129)134)101-66-76-110-109-73-63-98(89-122(109)138(7,8)123(110)92-101)100-65-75-112-106-48-33-37-53-119(106)140(125(112)91-100,85-42-27-23-19-15-11-3)86-43-28-24-20-16-12-4/h29-39,44-82,87-92H,9-28,40-43,83-86H2,1-8H3. The third-order valence-corrected chi connectivity index (χ3v) is 34.6. The summed E-state index contributed by atoms with van der Waals surface area (Å²) < 4.78 is 14.5. The molecule has 0 radical (unpaired) electrons. The van der Waals surface area contributed by atoms with Crippen molar-refractivity contribution in [3.8, 4) is 89.0 Å². The zero-order valence-electron chi connectivity index (χ0n) is 85.8. The summed E-state index contributed by atoms with van der Waals surface area (Å²) in [6.45, 7) is 19.2. The molecule has 0 unspecified atom stereocenters. The zero-order valence-corrected chi connectivity index (χ0v) is 85.8. The van der Waals surface area contributed by atoms with Gasteiger partial charge in [-0.1, -0.05) is 452 Å². The van der Waals surface area contributed by atoms with Gasteiger partial charge in [0.05, 0.1) is 22.7 Å². The second kappa shape index (κ2) is 38.7. The summed E-state index contributed by atoms with van der Waals surface area (Å²) >= 11 is 0. The Kier molecular flexibility index (Phi) is 24.9. The van der Waals surface area contributed by atoms with E-state index < -0.39 is 0 Å². The van der Waals surface area contributed by atoms with Gasteiger partial charge in [-0.05, 0) is 278 Å². The van der Waals surface area contributed by atoms with E-state index in [9.17, 15) is 0 Å². The van der Waals surface area contributed by atoms with E-state index >= 15 is 0 Å². The number of hydrogen-bond acceptors (Lipinski definition) is 4. The number of rotatable bonds is 38. The molecule has 18 aromatic carbocycles. The van der Waals surface area contributed by atoms with Crippen LogP contribution < -0.4 is 9.80 Å². The molecule has 0 amide bonds. The van der Waals surface area contributed by atoms with Crippen molar-refractivity contribution < 1.29 is 8.83 Å². The van der Waals surface area contributed by atoms with Crippen LogP contribution in [0.5, 0.6) is 0 Å². The van der Waals surface area contributed by atoms with Gasteiger partial charge >= 0.3 is 0 Å². The van der Waals surface area contributed by atoms with Crippen LogP contribution in [0.1, 0.15) is 280 Å². The highest BCUT2D eigenvalue weighted by Gasteiger charge is 2.46. The van der Waals surface area contributed by atoms with E-state index in [4.69, 9.17) is 8.83 Å². The Morgan fingerprint density at radius 2 is 0.521 bits per heavy atom. The SMILES string of the molecule is CCCCCCCCC1(CCCCCCCC)c2ccccc2-c2ccc(-c3ccc4c(c3)C(C)(C)c3cc(-c5ccc(N(c6ccc7ccc8c(N(c9ccccc9)c9ccc(-c%10ccc%11c(c%10)C(C)(C)c%10cc(-c%12ccc%13c(c%12)C(CCCCCCCC)(CCCCCCCC)c%12ccccc%12-%13)ccc%10-%11)c%10c9oc9ccccc9%10)ccc9ccc6c7c98)c6cccc7c6oc6ccccc67)cc5)ccc3-4)cc21. The van der Waals surface area contributed by atoms with Gasteiger partial charge in [-0.3, -0.25) is 0 Å². The van der Waals surface area contributed by atoms with Gasteiger partial charge < -0.3 is 18.6 Å². The first-order chi connectivity index (χ1) is 70.8. The molecule has 4 aliphatic rings. The van der Waals surface area contributed by atoms with Crippen LogP contribution in [0.4, 0.5) is 34.1 Å². The summed E-state index contributed by atoms with van der Waals surface area (Å²) in [7, 11) is 0. The number of hydrogen-bond donors (Lipinski definition) is 0. The molecule has 0 atom stereocenters. The molecule has 718 valence electrons. The first kappa shape index (κ1) is 92.6. The highest BCUT2D eigenvalue weighted by Crippen LogP contribution is 2.62. The van der Waals surface area contributed by atoms with Crippen molar-refractivity contribution >= 4 is 110 Å². The Bertz CT molecular complexity index is 8120. The van der Waals surface area contributed by atoms with E-state index in [2.05, 4.69) is 405 Å². The van der Waals surface area contributed by atoms with Crippen LogP contribution in [-0.2, 0) is 21.7 Å². The summed E-state index contributed by atoms with van der Waals surface area (Å²) in [5.41, 5.74) is 41.9. The molecule has 144 heavy (non-hydrogen) atoms. The second-order valence-corrected chi connectivity index (χ2v) is 44.0.